The van der Waals surface area contributed by atoms with Crippen molar-refractivity contribution in [1.82, 2.24) is 15.2 Å². The average molecular weight is 663 g/mol. The van der Waals surface area contributed by atoms with Crippen molar-refractivity contribution >= 4 is 34.8 Å². The fourth-order valence-corrected chi connectivity index (χ4v) is 7.69. The molecule has 0 radical (unpaired) electrons. The number of likely N-dealkylation sites (tertiary alicyclic amines) is 1. The van der Waals surface area contributed by atoms with E-state index >= 15 is 0 Å². The second-order valence-electron chi connectivity index (χ2n) is 14.8. The molecule has 0 spiro atoms. The highest BCUT2D eigenvalue weighted by molar-refractivity contribution is 7.15. The highest BCUT2D eigenvalue weighted by Gasteiger charge is 2.38. The minimum Gasteiger partial charge on any atom is -0.477 e. The Morgan fingerprint density at radius 1 is 1.02 bits per heavy atom. The van der Waals surface area contributed by atoms with Crippen LogP contribution in [0.25, 0.3) is 0 Å². The molecule has 2 aromatic rings. The number of pyridine rings is 1. The Balaban J connectivity index is 1.30. The fourth-order valence-electron chi connectivity index (χ4n) is 6.85. The molecule has 2 aliphatic carbocycles. The van der Waals surface area contributed by atoms with Gasteiger partial charge in [-0.15, -0.1) is 11.3 Å². The van der Waals surface area contributed by atoms with Gasteiger partial charge in [-0.2, -0.15) is 0 Å². The van der Waals surface area contributed by atoms with Gasteiger partial charge in [0, 0.05) is 41.2 Å². The number of nitrogens with zero attached hydrogens (tertiary/aromatic N) is 3. The summed E-state index contributed by atoms with van der Waals surface area (Å²) < 4.78 is 6.29. The van der Waals surface area contributed by atoms with Crippen LogP contribution in [0.4, 0.5) is 5.69 Å². The Hall–Kier alpha value is -3.42. The van der Waals surface area contributed by atoms with Crippen molar-refractivity contribution in [2.75, 3.05) is 25.0 Å². The number of anilines is 1. The maximum absolute atomic E-state index is 14.3. The summed E-state index contributed by atoms with van der Waals surface area (Å²) in [5, 5.41) is 13.4. The summed E-state index contributed by atoms with van der Waals surface area (Å²) in [4.78, 5) is 49.0. The van der Waals surface area contributed by atoms with E-state index in [1.807, 2.05) is 31.7 Å². The molecule has 1 saturated heterocycles. The number of hydrogen-bond acceptors (Lipinski definition) is 7. The van der Waals surface area contributed by atoms with Crippen LogP contribution >= 0.6 is 11.3 Å². The van der Waals surface area contributed by atoms with Crippen LogP contribution in [0.5, 0.6) is 5.88 Å². The lowest BCUT2D eigenvalue weighted by molar-refractivity contribution is -0.124. The summed E-state index contributed by atoms with van der Waals surface area (Å²) >= 11 is 1.15. The van der Waals surface area contributed by atoms with Gasteiger partial charge < -0.3 is 25.0 Å². The zero-order chi connectivity index (χ0) is 33.7. The molecule has 9 nitrogen and oxygen atoms in total. The summed E-state index contributed by atoms with van der Waals surface area (Å²) in [7, 11) is 2.10. The Labute approximate surface area is 283 Å². The number of carboxylic acids is 1. The number of rotatable bonds is 8. The lowest BCUT2D eigenvalue weighted by Crippen LogP contribution is -2.47. The molecule has 1 aliphatic heterocycles. The van der Waals surface area contributed by atoms with E-state index in [1.54, 1.807) is 18.3 Å². The first kappa shape index (κ1) is 34.9. The highest BCUT2D eigenvalue weighted by Crippen LogP contribution is 2.39. The molecule has 2 saturated carbocycles. The standard InChI is InChI=1S/C37H50N4O5S/c1-24-6-8-25(9-7-24)35(43)41(31-23-30(14-18-37(2,3)4)47-33(31)36(44)45)28-10-12-29(13-11-28)46-32-22-26(15-19-38-32)34(42)39-27-16-20-40(5)21-17-27/h15,19,22-25,27-29H,6-13,16-17,20-21H2,1-5H3,(H,39,42)(H,44,45). The Morgan fingerprint density at radius 2 is 1.70 bits per heavy atom. The van der Waals surface area contributed by atoms with Gasteiger partial charge in [-0.1, -0.05) is 18.8 Å². The third kappa shape index (κ3) is 9.35. The summed E-state index contributed by atoms with van der Waals surface area (Å²) in [6.45, 7) is 10.2. The topological polar surface area (TPSA) is 112 Å². The largest absolute Gasteiger partial charge is 0.477 e. The minimum atomic E-state index is -1.04. The number of hydrogen-bond donors (Lipinski definition) is 2. The molecule has 10 heteroatoms. The number of amides is 2. The third-order valence-electron chi connectivity index (χ3n) is 9.68. The van der Waals surface area contributed by atoms with Crippen LogP contribution in [0.2, 0.25) is 0 Å². The average Bonchev–Trinajstić information content (AvgIpc) is 3.46. The zero-order valence-corrected chi connectivity index (χ0v) is 29.3. The molecule has 3 fully saturated rings. The van der Waals surface area contributed by atoms with Gasteiger partial charge in [0.25, 0.3) is 5.91 Å². The Bertz CT molecular complexity index is 1480. The first-order valence-corrected chi connectivity index (χ1v) is 18.0. The Kier molecular flexibility index (Phi) is 11.3. The summed E-state index contributed by atoms with van der Waals surface area (Å²) in [6.07, 6.45) is 9.75. The van der Waals surface area contributed by atoms with E-state index in [0.717, 1.165) is 63.0 Å². The molecule has 0 atom stereocenters. The summed E-state index contributed by atoms with van der Waals surface area (Å²) in [5.41, 5.74) is 0.773. The monoisotopic (exact) mass is 662 g/mol. The summed E-state index contributed by atoms with van der Waals surface area (Å²) in [5.74, 6) is 6.16. The van der Waals surface area contributed by atoms with E-state index in [0.29, 0.717) is 53.6 Å². The van der Waals surface area contributed by atoms with Crippen molar-refractivity contribution in [3.8, 4) is 17.7 Å². The molecule has 5 rings (SSSR count). The van der Waals surface area contributed by atoms with Crippen LogP contribution in [0, 0.1) is 29.1 Å². The second-order valence-corrected chi connectivity index (χ2v) is 15.8. The number of thiophene rings is 1. The molecule has 0 aromatic carbocycles. The van der Waals surface area contributed by atoms with Gasteiger partial charge in [0.05, 0.1) is 10.6 Å². The van der Waals surface area contributed by atoms with E-state index in [4.69, 9.17) is 4.74 Å². The third-order valence-corrected chi connectivity index (χ3v) is 10.7. The molecule has 3 aliphatic rings. The van der Waals surface area contributed by atoms with E-state index in [9.17, 15) is 19.5 Å². The molecule has 0 bridgehead atoms. The van der Waals surface area contributed by atoms with E-state index < -0.39 is 5.97 Å². The van der Waals surface area contributed by atoms with Gasteiger partial charge in [-0.05, 0) is 123 Å². The van der Waals surface area contributed by atoms with Crippen molar-refractivity contribution < 1.29 is 24.2 Å². The molecular formula is C37H50N4O5S. The lowest BCUT2D eigenvalue weighted by Gasteiger charge is -2.39. The van der Waals surface area contributed by atoms with Crippen LogP contribution in [-0.4, -0.2) is 71.1 Å². The van der Waals surface area contributed by atoms with Crippen LogP contribution < -0.4 is 15.0 Å². The molecule has 2 aromatic heterocycles. The van der Waals surface area contributed by atoms with Crippen molar-refractivity contribution in [1.29, 1.82) is 0 Å². The molecular weight excluding hydrogens is 612 g/mol. The van der Waals surface area contributed by atoms with E-state index in [1.165, 1.54) is 0 Å². The smallest absolute Gasteiger partial charge is 0.348 e. The number of carbonyl (C=O) groups is 3. The highest BCUT2D eigenvalue weighted by atomic mass is 32.1. The molecule has 3 heterocycles. The number of aromatic carboxylic acids is 1. The van der Waals surface area contributed by atoms with Gasteiger partial charge in [0.15, 0.2) is 0 Å². The van der Waals surface area contributed by atoms with E-state index in [-0.39, 0.29) is 46.2 Å². The molecule has 254 valence electrons. The fraction of sp³-hybridized carbons (Fsp3) is 0.622. The quantitative estimate of drug-likeness (QED) is 0.306. The van der Waals surface area contributed by atoms with Crippen LogP contribution in [0.1, 0.15) is 117 Å². The van der Waals surface area contributed by atoms with Crippen LogP contribution in [0.15, 0.2) is 24.4 Å². The SMILES string of the molecule is CC1CCC(C(=O)N(c2cc(C#CC(C)(C)C)sc2C(=O)O)C2CCC(Oc3cc(C(=O)NC4CCN(C)CC4)ccn3)CC2)CC1. The van der Waals surface area contributed by atoms with Crippen molar-refractivity contribution in [3.05, 3.63) is 39.7 Å². The van der Waals surface area contributed by atoms with Crippen LogP contribution in [-0.2, 0) is 4.79 Å². The normalized spacial score (nSPS) is 24.1. The number of piperidine rings is 1. The van der Waals surface area contributed by atoms with Crippen molar-refractivity contribution in [3.63, 3.8) is 0 Å². The number of carboxylic acid groups (broad SMARTS) is 1. The second kappa shape index (κ2) is 15.2. The van der Waals surface area contributed by atoms with Crippen molar-refractivity contribution in [2.24, 2.45) is 17.3 Å². The van der Waals surface area contributed by atoms with Crippen molar-refractivity contribution in [2.45, 2.75) is 110 Å². The predicted molar refractivity (Wildman–Crippen MR) is 185 cm³/mol. The number of nitrogens with one attached hydrogen (secondary N) is 1. The molecule has 2 amide bonds. The molecule has 0 unspecified atom stereocenters. The number of aromatic nitrogens is 1. The van der Waals surface area contributed by atoms with E-state index in [2.05, 4.69) is 41.0 Å². The van der Waals surface area contributed by atoms with Crippen LogP contribution in [0.3, 0.4) is 0 Å². The van der Waals surface area contributed by atoms with Gasteiger partial charge in [0.1, 0.15) is 11.0 Å². The first-order chi connectivity index (χ1) is 22.4. The van der Waals surface area contributed by atoms with Gasteiger partial charge in [-0.3, -0.25) is 9.59 Å². The Morgan fingerprint density at radius 3 is 2.34 bits per heavy atom. The zero-order valence-electron chi connectivity index (χ0n) is 28.5. The number of carbonyl (C=O) groups excluding carboxylic acids is 2. The van der Waals surface area contributed by atoms with Gasteiger partial charge in [0.2, 0.25) is 11.8 Å². The maximum Gasteiger partial charge on any atom is 0.348 e. The van der Waals surface area contributed by atoms with Gasteiger partial charge in [-0.25, -0.2) is 9.78 Å². The molecule has 2 N–H and O–H groups in total. The first-order valence-electron chi connectivity index (χ1n) is 17.2. The minimum absolute atomic E-state index is 0.0295. The van der Waals surface area contributed by atoms with Gasteiger partial charge >= 0.3 is 5.97 Å². The maximum atomic E-state index is 14.3. The number of ether oxygens (including phenoxy) is 1. The summed E-state index contributed by atoms with van der Waals surface area (Å²) in [6, 6.07) is 5.26. The lowest BCUT2D eigenvalue weighted by atomic mass is 9.81. The predicted octanol–water partition coefficient (Wildman–Crippen LogP) is 6.61. The molecule has 47 heavy (non-hydrogen) atoms.